The van der Waals surface area contributed by atoms with Gasteiger partial charge in [-0.15, -0.1) is 12.4 Å². The maximum atomic E-state index is 13.7. The van der Waals surface area contributed by atoms with E-state index >= 15 is 0 Å². The molecule has 9 nitrogen and oxygen atoms in total. The van der Waals surface area contributed by atoms with Gasteiger partial charge < -0.3 is 4.52 Å². The average molecular weight is 477 g/mol. The molecule has 1 aliphatic carbocycles. The first-order chi connectivity index (χ1) is 15.3. The lowest BCUT2D eigenvalue weighted by atomic mass is 9.68. The second kappa shape index (κ2) is 8.35. The molecule has 0 bridgehead atoms. The molecule has 5 rings (SSSR count). The summed E-state index contributed by atoms with van der Waals surface area (Å²) in [6, 6.07) is 3.25. The second-order valence-corrected chi connectivity index (χ2v) is 8.51. The van der Waals surface area contributed by atoms with Crippen molar-refractivity contribution in [1.29, 1.82) is 0 Å². The molecule has 2 aliphatic heterocycles. The Balaban J connectivity index is 0.00000259. The Kier molecular flexibility index (Phi) is 5.83. The van der Waals surface area contributed by atoms with E-state index in [0.717, 1.165) is 38.4 Å². The van der Waals surface area contributed by atoms with Gasteiger partial charge in [-0.2, -0.15) is 0 Å². The summed E-state index contributed by atoms with van der Waals surface area (Å²) in [5.41, 5.74) is -1.68. The largest absolute Gasteiger partial charge is 0.356 e. The predicted octanol–water partition coefficient (Wildman–Crippen LogP) is 2.87. The SMILES string of the molecule is CC(C1C2=C(C=CC1(c1noc3cc(F)ccc13)[N+](=O)[O-])C(=O)NC2=O)N1CCCCC1.Cl. The summed E-state index contributed by atoms with van der Waals surface area (Å²) in [5.74, 6) is -2.76. The molecule has 11 heteroatoms. The van der Waals surface area contributed by atoms with Gasteiger partial charge in [0.25, 0.3) is 17.4 Å². The number of imide groups is 1. The van der Waals surface area contributed by atoms with Gasteiger partial charge in [0.05, 0.1) is 11.3 Å². The summed E-state index contributed by atoms with van der Waals surface area (Å²) in [4.78, 5) is 39.7. The molecule has 1 N–H and O–H groups in total. The van der Waals surface area contributed by atoms with Crippen LogP contribution in [0.25, 0.3) is 11.0 Å². The maximum Gasteiger partial charge on any atom is 0.294 e. The number of nitrogens with zero attached hydrogens (tertiary/aromatic N) is 3. The van der Waals surface area contributed by atoms with E-state index in [1.165, 1.54) is 24.3 Å². The number of nitro groups is 1. The molecule has 2 amide bonds. The first-order valence-corrected chi connectivity index (χ1v) is 10.6. The minimum Gasteiger partial charge on any atom is -0.356 e. The standard InChI is InChI=1S/C22H21FN4O5.ClH/c1-12(26-9-3-2-4-10-26)18-17-15(20(28)24-21(17)29)7-8-22(18,27(30)31)19-14-6-5-13(23)11-16(14)32-25-19;/h5-8,11-12,18H,2-4,9-10H2,1H3,(H,24,28,29);1H. The number of halogens is 2. The maximum absolute atomic E-state index is 13.7. The van der Waals surface area contributed by atoms with Crippen LogP contribution < -0.4 is 5.32 Å². The molecule has 3 heterocycles. The van der Waals surface area contributed by atoms with Crippen LogP contribution in [0.15, 0.2) is 46.0 Å². The van der Waals surface area contributed by atoms with Crippen LogP contribution in [-0.4, -0.2) is 45.9 Å². The van der Waals surface area contributed by atoms with Crippen molar-refractivity contribution in [1.82, 2.24) is 15.4 Å². The van der Waals surface area contributed by atoms with E-state index in [0.29, 0.717) is 0 Å². The predicted molar refractivity (Wildman–Crippen MR) is 118 cm³/mol. The van der Waals surface area contributed by atoms with Gasteiger partial charge in [-0.3, -0.25) is 29.9 Å². The van der Waals surface area contributed by atoms with Crippen LogP contribution in [0, 0.1) is 21.8 Å². The topological polar surface area (TPSA) is 119 Å². The molecule has 174 valence electrons. The second-order valence-electron chi connectivity index (χ2n) is 8.51. The monoisotopic (exact) mass is 476 g/mol. The Bertz CT molecular complexity index is 1220. The fourth-order valence-corrected chi connectivity index (χ4v) is 5.32. The zero-order chi connectivity index (χ0) is 22.6. The molecule has 1 saturated heterocycles. The van der Waals surface area contributed by atoms with Gasteiger partial charge in [0.2, 0.25) is 0 Å². The van der Waals surface area contributed by atoms with Gasteiger partial charge in [-0.25, -0.2) is 4.39 Å². The number of nitrogens with one attached hydrogen (secondary N) is 1. The number of rotatable bonds is 4. The highest BCUT2D eigenvalue weighted by Gasteiger charge is 2.62. The zero-order valence-corrected chi connectivity index (χ0v) is 18.6. The molecule has 1 fully saturated rings. The van der Waals surface area contributed by atoms with E-state index in [4.69, 9.17) is 4.52 Å². The summed E-state index contributed by atoms with van der Waals surface area (Å²) >= 11 is 0. The fraction of sp³-hybridized carbons (Fsp3) is 0.409. The number of aromatic nitrogens is 1. The molecule has 0 saturated carbocycles. The fourth-order valence-electron chi connectivity index (χ4n) is 5.32. The molecule has 3 unspecified atom stereocenters. The number of hydrogen-bond acceptors (Lipinski definition) is 7. The first kappa shape index (κ1) is 23.1. The third kappa shape index (κ3) is 3.36. The minimum absolute atomic E-state index is 0. The minimum atomic E-state index is -1.97. The van der Waals surface area contributed by atoms with Crippen LogP contribution in [0.4, 0.5) is 4.39 Å². The van der Waals surface area contributed by atoms with Crippen molar-refractivity contribution < 1.29 is 23.4 Å². The molecule has 0 radical (unpaired) electrons. The highest BCUT2D eigenvalue weighted by molar-refractivity contribution is 6.21. The van der Waals surface area contributed by atoms with E-state index in [1.54, 1.807) is 0 Å². The first-order valence-electron chi connectivity index (χ1n) is 10.6. The summed E-state index contributed by atoms with van der Waals surface area (Å²) in [6.45, 7) is 3.31. The number of carbonyl (C=O) groups excluding carboxylic acids is 2. The number of likely N-dealkylation sites (tertiary alicyclic amines) is 1. The van der Waals surface area contributed by atoms with E-state index in [9.17, 15) is 24.1 Å². The Labute approximate surface area is 194 Å². The number of hydrogen-bond donors (Lipinski definition) is 1. The molecule has 3 aliphatic rings. The number of benzene rings is 1. The molecule has 0 spiro atoms. The van der Waals surface area contributed by atoms with Gasteiger partial charge >= 0.3 is 0 Å². The normalized spacial score (nSPS) is 26.2. The lowest BCUT2D eigenvalue weighted by molar-refractivity contribution is -0.575. The third-order valence-corrected chi connectivity index (χ3v) is 6.86. The van der Waals surface area contributed by atoms with E-state index < -0.39 is 40.1 Å². The van der Waals surface area contributed by atoms with E-state index in [-0.39, 0.29) is 40.2 Å². The van der Waals surface area contributed by atoms with Gasteiger partial charge in [-0.05, 0) is 51.1 Å². The summed E-state index contributed by atoms with van der Waals surface area (Å²) < 4.78 is 19.0. The van der Waals surface area contributed by atoms with Crippen LogP contribution in [-0.2, 0) is 15.1 Å². The quantitative estimate of drug-likeness (QED) is 0.409. The summed E-state index contributed by atoms with van der Waals surface area (Å²) in [5, 5.41) is 19.4. The molecule has 3 atom stereocenters. The van der Waals surface area contributed by atoms with Crippen molar-refractivity contribution in [2.45, 2.75) is 37.8 Å². The van der Waals surface area contributed by atoms with Gasteiger partial charge in [0.1, 0.15) is 5.82 Å². The Morgan fingerprint density at radius 2 is 2.00 bits per heavy atom. The van der Waals surface area contributed by atoms with Crippen molar-refractivity contribution >= 4 is 35.2 Å². The van der Waals surface area contributed by atoms with Crippen LogP contribution in [0.3, 0.4) is 0 Å². The Morgan fingerprint density at radius 3 is 2.70 bits per heavy atom. The molecule has 1 aromatic heterocycles. The average Bonchev–Trinajstić information content (AvgIpc) is 3.33. The third-order valence-electron chi connectivity index (χ3n) is 6.86. The molecule has 1 aromatic carbocycles. The molecule has 33 heavy (non-hydrogen) atoms. The van der Waals surface area contributed by atoms with Gasteiger partial charge in [-0.1, -0.05) is 11.6 Å². The van der Waals surface area contributed by atoms with E-state index in [1.807, 2.05) is 6.92 Å². The zero-order valence-electron chi connectivity index (χ0n) is 17.7. The van der Waals surface area contributed by atoms with Gasteiger partial charge in [0.15, 0.2) is 11.3 Å². The summed E-state index contributed by atoms with van der Waals surface area (Å²) in [7, 11) is 0. The van der Waals surface area contributed by atoms with Crippen molar-refractivity contribution in [3.63, 3.8) is 0 Å². The number of carbonyl (C=O) groups is 2. The number of amides is 2. The smallest absolute Gasteiger partial charge is 0.294 e. The number of fused-ring (bicyclic) bond motifs is 1. The number of piperidine rings is 1. The molecular weight excluding hydrogens is 455 g/mol. The van der Waals surface area contributed by atoms with Crippen molar-refractivity contribution in [3.8, 4) is 0 Å². The van der Waals surface area contributed by atoms with Crippen LogP contribution in [0.5, 0.6) is 0 Å². The lowest BCUT2D eigenvalue weighted by Gasteiger charge is -2.42. The Hall–Kier alpha value is -3.11. The summed E-state index contributed by atoms with van der Waals surface area (Å²) in [6.07, 6.45) is 5.61. The highest BCUT2D eigenvalue weighted by atomic mass is 35.5. The molecular formula is C22H22ClFN4O5. The van der Waals surface area contributed by atoms with Crippen molar-refractivity contribution in [2.24, 2.45) is 5.92 Å². The lowest BCUT2D eigenvalue weighted by Crippen LogP contribution is -2.55. The van der Waals surface area contributed by atoms with Crippen LogP contribution in [0.2, 0.25) is 0 Å². The van der Waals surface area contributed by atoms with Crippen LogP contribution in [0.1, 0.15) is 31.9 Å². The van der Waals surface area contributed by atoms with Crippen molar-refractivity contribution in [3.05, 3.63) is 63.1 Å². The highest BCUT2D eigenvalue weighted by Crippen LogP contribution is 2.49. The van der Waals surface area contributed by atoms with E-state index in [2.05, 4.69) is 15.4 Å². The van der Waals surface area contributed by atoms with Crippen molar-refractivity contribution in [2.75, 3.05) is 13.1 Å². The molecule has 2 aromatic rings. The Morgan fingerprint density at radius 1 is 1.27 bits per heavy atom. The van der Waals surface area contributed by atoms with Gasteiger partial charge in [0, 0.05) is 34.3 Å². The van der Waals surface area contributed by atoms with Crippen LogP contribution >= 0.6 is 12.4 Å².